The molecule has 0 spiro atoms. The summed E-state index contributed by atoms with van der Waals surface area (Å²) < 4.78 is 33.9. The number of amidine groups is 1. The number of ether oxygens (including phenoxy) is 1. The van der Waals surface area contributed by atoms with Gasteiger partial charge in [-0.3, -0.25) is 10.2 Å². The lowest BCUT2D eigenvalue weighted by molar-refractivity contribution is -0.123. The Hall–Kier alpha value is -2.44. The van der Waals surface area contributed by atoms with Crippen LogP contribution in [0.25, 0.3) is 6.08 Å². The van der Waals surface area contributed by atoms with Gasteiger partial charge in [0.15, 0.2) is 10.2 Å². The second-order valence-electron chi connectivity index (χ2n) is 6.25. The molecule has 2 aromatic carbocycles. The first kappa shape index (κ1) is 23.2. The summed E-state index contributed by atoms with van der Waals surface area (Å²) in [5.74, 6) is 0.299. The summed E-state index contributed by atoms with van der Waals surface area (Å²) >= 11 is 6.41. The molecular formula is C19H17ClN4O4S3. The van der Waals surface area contributed by atoms with E-state index in [0.717, 1.165) is 22.3 Å². The lowest BCUT2D eigenvalue weighted by Crippen LogP contribution is -2.44. The molecule has 0 radical (unpaired) electrons. The summed E-state index contributed by atoms with van der Waals surface area (Å²) in [6, 6.07) is 13.6. The van der Waals surface area contributed by atoms with Crippen molar-refractivity contribution in [3.63, 3.8) is 0 Å². The van der Waals surface area contributed by atoms with Gasteiger partial charge < -0.3 is 10.5 Å². The van der Waals surface area contributed by atoms with Crippen LogP contribution in [0.3, 0.4) is 0 Å². The molecule has 0 atom stereocenters. The van der Waals surface area contributed by atoms with E-state index in [1.807, 2.05) is 12.1 Å². The van der Waals surface area contributed by atoms with Crippen LogP contribution in [-0.4, -0.2) is 42.6 Å². The zero-order valence-electron chi connectivity index (χ0n) is 15.8. The number of thiocarbonyl (C=S) groups is 1. The molecule has 1 fully saturated rings. The molecule has 2 aromatic rings. The van der Waals surface area contributed by atoms with Gasteiger partial charge in [-0.15, -0.1) is 16.8 Å². The van der Waals surface area contributed by atoms with Gasteiger partial charge in [-0.2, -0.15) is 13.4 Å². The highest BCUT2D eigenvalue weighted by molar-refractivity contribution is 8.26. The maximum absolute atomic E-state index is 12.9. The Morgan fingerprint density at radius 3 is 2.77 bits per heavy atom. The van der Waals surface area contributed by atoms with Gasteiger partial charge in [0.05, 0.1) is 4.91 Å². The number of nitrogens with zero attached hydrogens (tertiary/aromatic N) is 2. The predicted octanol–water partition coefficient (Wildman–Crippen LogP) is 2.30. The number of nitrogens with one attached hydrogen (secondary N) is 1. The largest absolute Gasteiger partial charge is 0.492 e. The Morgan fingerprint density at radius 1 is 1.23 bits per heavy atom. The fourth-order valence-electron chi connectivity index (χ4n) is 2.88. The van der Waals surface area contributed by atoms with Crippen LogP contribution in [-0.2, 0) is 14.8 Å². The van der Waals surface area contributed by atoms with E-state index >= 15 is 0 Å². The molecule has 12 heteroatoms. The molecule has 8 nitrogen and oxygen atoms in total. The van der Waals surface area contributed by atoms with Crippen molar-refractivity contribution in [2.75, 3.05) is 13.2 Å². The van der Waals surface area contributed by atoms with Crippen molar-refractivity contribution in [2.24, 2.45) is 10.1 Å². The molecule has 0 unspecified atom stereocenters. The number of hydrogen-bond donors (Lipinski definition) is 2. The van der Waals surface area contributed by atoms with Gasteiger partial charge in [-0.25, -0.2) is 0 Å². The first-order chi connectivity index (χ1) is 14.4. The number of benzene rings is 2. The predicted molar refractivity (Wildman–Crippen MR) is 127 cm³/mol. The Labute approximate surface area is 195 Å². The number of hydrogen-bond acceptors (Lipinski definition) is 8. The summed E-state index contributed by atoms with van der Waals surface area (Å²) in [6.07, 6.45) is 1.69. The SMILES string of the molecule is Cl.NCCOc1cccc(C=C2SC(=S)N(NC3=NS(=O)(=O)c4ccccc43)C2=O)c1. The van der Waals surface area contributed by atoms with Crippen molar-refractivity contribution in [3.8, 4) is 5.75 Å². The van der Waals surface area contributed by atoms with E-state index < -0.39 is 15.9 Å². The average molecular weight is 497 g/mol. The summed E-state index contributed by atoms with van der Waals surface area (Å²) in [7, 11) is -3.81. The van der Waals surface area contributed by atoms with Crippen LogP contribution in [0.15, 0.2) is 62.7 Å². The molecular weight excluding hydrogens is 480 g/mol. The highest BCUT2D eigenvalue weighted by Gasteiger charge is 2.36. The zero-order chi connectivity index (χ0) is 21.3. The fraction of sp³-hybridized carbons (Fsp3) is 0.105. The zero-order valence-corrected chi connectivity index (χ0v) is 19.1. The minimum atomic E-state index is -3.81. The second-order valence-corrected chi connectivity index (χ2v) is 9.50. The van der Waals surface area contributed by atoms with E-state index in [2.05, 4.69) is 9.82 Å². The maximum atomic E-state index is 12.9. The number of hydrazine groups is 1. The van der Waals surface area contributed by atoms with Gasteiger partial charge in [0, 0.05) is 12.1 Å². The van der Waals surface area contributed by atoms with E-state index in [1.54, 1.807) is 36.4 Å². The van der Waals surface area contributed by atoms with Crippen LogP contribution < -0.4 is 15.9 Å². The molecule has 1 saturated heterocycles. The van der Waals surface area contributed by atoms with Crippen molar-refractivity contribution >= 4 is 68.5 Å². The van der Waals surface area contributed by atoms with Crippen LogP contribution in [0, 0.1) is 0 Å². The Kier molecular flexibility index (Phi) is 7.02. The van der Waals surface area contributed by atoms with E-state index in [9.17, 15) is 13.2 Å². The number of rotatable bonds is 5. The molecule has 2 heterocycles. The Morgan fingerprint density at radius 2 is 2.00 bits per heavy atom. The molecule has 31 heavy (non-hydrogen) atoms. The standard InChI is InChI=1S/C19H16N4O4S3.ClH/c20-8-9-27-13-5-3-4-12(10-13)11-15-18(24)23(19(28)29-15)21-17-14-6-1-2-7-16(14)30(25,26)22-17;/h1-7,10-11H,8-9,20H2,(H,21,22);1H. The average Bonchev–Trinajstić information content (AvgIpc) is 3.14. The number of nitrogens with two attached hydrogens (primary N) is 1. The number of halogens is 1. The number of carbonyl (C=O) groups is 1. The third kappa shape index (κ3) is 4.75. The van der Waals surface area contributed by atoms with Gasteiger partial charge in [0.25, 0.3) is 15.9 Å². The number of carbonyl (C=O) groups excluding carboxylic acids is 1. The lowest BCUT2D eigenvalue weighted by atomic mass is 10.2. The minimum absolute atomic E-state index is 0. The van der Waals surface area contributed by atoms with Crippen LogP contribution in [0.4, 0.5) is 0 Å². The Balaban J connectivity index is 0.00000272. The smallest absolute Gasteiger partial charge is 0.285 e. The highest BCUT2D eigenvalue weighted by atomic mass is 35.5. The third-order valence-electron chi connectivity index (χ3n) is 4.19. The number of sulfonamides is 1. The number of fused-ring (bicyclic) bond motifs is 1. The van der Waals surface area contributed by atoms with Crippen molar-refractivity contribution in [2.45, 2.75) is 4.90 Å². The summed E-state index contributed by atoms with van der Waals surface area (Å²) in [5, 5.41) is 1.12. The van der Waals surface area contributed by atoms with Gasteiger partial charge >= 0.3 is 0 Å². The van der Waals surface area contributed by atoms with Crippen LogP contribution >= 0.6 is 36.4 Å². The molecule has 0 aromatic heterocycles. The molecule has 2 aliphatic rings. The molecule has 4 rings (SSSR count). The molecule has 1 amide bonds. The molecule has 162 valence electrons. The van der Waals surface area contributed by atoms with E-state index in [4.69, 9.17) is 22.7 Å². The van der Waals surface area contributed by atoms with Crippen molar-refractivity contribution < 1.29 is 17.9 Å². The summed E-state index contributed by atoms with van der Waals surface area (Å²) in [6.45, 7) is 0.791. The van der Waals surface area contributed by atoms with Gasteiger partial charge in [-0.1, -0.05) is 36.0 Å². The normalized spacial score (nSPS) is 17.9. The first-order valence-corrected chi connectivity index (χ1v) is 11.5. The van der Waals surface area contributed by atoms with Crippen molar-refractivity contribution in [1.29, 1.82) is 0 Å². The van der Waals surface area contributed by atoms with Crippen LogP contribution in [0.1, 0.15) is 11.1 Å². The Bertz CT molecular complexity index is 1210. The van der Waals surface area contributed by atoms with E-state index in [0.29, 0.717) is 29.4 Å². The van der Waals surface area contributed by atoms with Crippen LogP contribution in [0.2, 0.25) is 0 Å². The molecule has 0 saturated carbocycles. The summed E-state index contributed by atoms with van der Waals surface area (Å²) in [4.78, 5) is 13.3. The monoisotopic (exact) mass is 496 g/mol. The third-order valence-corrected chi connectivity index (χ3v) is 6.82. The van der Waals surface area contributed by atoms with Gasteiger partial charge in [0.1, 0.15) is 17.3 Å². The minimum Gasteiger partial charge on any atom is -0.492 e. The van der Waals surface area contributed by atoms with Crippen molar-refractivity contribution in [1.82, 2.24) is 10.4 Å². The fourth-order valence-corrected chi connectivity index (χ4v) is 5.23. The van der Waals surface area contributed by atoms with E-state index in [-0.39, 0.29) is 27.5 Å². The summed E-state index contributed by atoms with van der Waals surface area (Å²) in [5.41, 5.74) is 9.36. The first-order valence-electron chi connectivity index (χ1n) is 8.81. The highest BCUT2D eigenvalue weighted by Crippen LogP contribution is 2.33. The van der Waals surface area contributed by atoms with E-state index in [1.165, 1.54) is 6.07 Å². The number of thioether (sulfide) groups is 1. The molecule has 0 bridgehead atoms. The molecule has 0 aliphatic carbocycles. The lowest BCUT2D eigenvalue weighted by Gasteiger charge is -2.16. The quantitative estimate of drug-likeness (QED) is 0.478. The maximum Gasteiger partial charge on any atom is 0.285 e. The van der Waals surface area contributed by atoms with Crippen molar-refractivity contribution in [3.05, 3.63) is 64.6 Å². The second kappa shape index (κ2) is 9.37. The van der Waals surface area contributed by atoms with Gasteiger partial charge in [-0.05, 0) is 48.1 Å². The number of amides is 1. The molecule has 3 N–H and O–H groups in total. The topological polar surface area (TPSA) is 114 Å². The molecule has 2 aliphatic heterocycles. The van der Waals surface area contributed by atoms with Crippen LogP contribution in [0.5, 0.6) is 5.75 Å². The van der Waals surface area contributed by atoms with Gasteiger partial charge in [0.2, 0.25) is 0 Å².